The molecule has 0 unspecified atom stereocenters. The zero-order valence-electron chi connectivity index (χ0n) is 14.6. The van der Waals surface area contributed by atoms with E-state index in [1.165, 1.54) is 12.1 Å². The number of fused-ring (bicyclic) bond motifs is 1. The van der Waals surface area contributed by atoms with E-state index < -0.39 is 4.92 Å². The Kier molecular flexibility index (Phi) is 4.53. The first-order valence-electron chi connectivity index (χ1n) is 7.91. The summed E-state index contributed by atoms with van der Waals surface area (Å²) >= 11 is 0. The van der Waals surface area contributed by atoms with Crippen LogP contribution in [0.3, 0.4) is 0 Å². The summed E-state index contributed by atoms with van der Waals surface area (Å²) in [5.74, 6) is 0.298. The molecule has 1 heterocycles. The molecule has 0 bridgehead atoms. The first-order chi connectivity index (χ1) is 12.4. The molecule has 1 aromatic heterocycles. The lowest BCUT2D eigenvalue weighted by Crippen LogP contribution is -2.15. The van der Waals surface area contributed by atoms with Crippen LogP contribution in [-0.2, 0) is 0 Å². The number of anilines is 1. The van der Waals surface area contributed by atoms with Crippen molar-refractivity contribution < 1.29 is 14.5 Å². The van der Waals surface area contributed by atoms with Gasteiger partial charge in [-0.3, -0.25) is 19.9 Å². The van der Waals surface area contributed by atoms with E-state index in [9.17, 15) is 14.9 Å². The molecule has 26 heavy (non-hydrogen) atoms. The fourth-order valence-corrected chi connectivity index (χ4v) is 2.75. The molecular weight excluding hydrogens is 334 g/mol. The molecule has 0 saturated carbocycles. The van der Waals surface area contributed by atoms with Gasteiger partial charge in [0.1, 0.15) is 5.75 Å². The number of pyridine rings is 1. The largest absolute Gasteiger partial charge is 0.497 e. The lowest BCUT2D eigenvalue weighted by molar-refractivity contribution is -0.385. The van der Waals surface area contributed by atoms with E-state index in [1.807, 2.05) is 6.07 Å². The standard InChI is InChI=1S/C19H17N3O4/c1-11-16(5-4-6-18(11)22(24)25)21-19(23)15-10-13-9-14(26-3)7-8-17(13)20-12(15)2/h4-10H,1-3H3,(H,21,23). The molecule has 1 amide bonds. The number of nitrogens with one attached hydrogen (secondary N) is 1. The third kappa shape index (κ3) is 3.19. The van der Waals surface area contributed by atoms with Gasteiger partial charge in [-0.05, 0) is 44.2 Å². The summed E-state index contributed by atoms with van der Waals surface area (Å²) in [6.45, 7) is 3.35. The van der Waals surface area contributed by atoms with E-state index in [-0.39, 0.29) is 11.6 Å². The average molecular weight is 351 g/mol. The summed E-state index contributed by atoms with van der Waals surface area (Å²) in [5.41, 5.74) is 2.49. The molecule has 2 aromatic carbocycles. The van der Waals surface area contributed by atoms with Crippen molar-refractivity contribution in [2.24, 2.45) is 0 Å². The van der Waals surface area contributed by atoms with Crippen LogP contribution in [0.5, 0.6) is 5.75 Å². The van der Waals surface area contributed by atoms with Gasteiger partial charge in [0.05, 0.1) is 40.1 Å². The van der Waals surface area contributed by atoms with E-state index >= 15 is 0 Å². The number of hydrogen-bond acceptors (Lipinski definition) is 5. The number of aromatic nitrogens is 1. The number of hydrogen-bond donors (Lipinski definition) is 1. The molecule has 0 aliphatic heterocycles. The van der Waals surface area contributed by atoms with Crippen LogP contribution in [-0.4, -0.2) is 22.9 Å². The fourth-order valence-electron chi connectivity index (χ4n) is 2.75. The average Bonchev–Trinajstić information content (AvgIpc) is 2.62. The molecule has 7 heteroatoms. The Morgan fingerprint density at radius 1 is 1.19 bits per heavy atom. The Hall–Kier alpha value is -3.48. The van der Waals surface area contributed by atoms with Crippen LogP contribution in [0.15, 0.2) is 42.5 Å². The minimum atomic E-state index is -0.472. The van der Waals surface area contributed by atoms with Crippen LogP contribution in [0.1, 0.15) is 21.6 Å². The number of carbonyl (C=O) groups excluding carboxylic acids is 1. The van der Waals surface area contributed by atoms with Gasteiger partial charge in [0.15, 0.2) is 0 Å². The minimum absolute atomic E-state index is 0.0408. The molecule has 0 spiro atoms. The quantitative estimate of drug-likeness (QED) is 0.566. The van der Waals surface area contributed by atoms with E-state index in [0.717, 1.165) is 10.9 Å². The number of amides is 1. The number of benzene rings is 2. The Bertz CT molecular complexity index is 1030. The van der Waals surface area contributed by atoms with Gasteiger partial charge in [-0.1, -0.05) is 6.07 Å². The highest BCUT2D eigenvalue weighted by Crippen LogP contribution is 2.27. The van der Waals surface area contributed by atoms with Crippen LogP contribution in [0.25, 0.3) is 10.9 Å². The van der Waals surface area contributed by atoms with Gasteiger partial charge in [0.2, 0.25) is 0 Å². The first kappa shape index (κ1) is 17.3. The van der Waals surface area contributed by atoms with Gasteiger partial charge in [-0.2, -0.15) is 0 Å². The van der Waals surface area contributed by atoms with Crippen molar-refractivity contribution in [3.05, 3.63) is 69.4 Å². The van der Waals surface area contributed by atoms with Gasteiger partial charge >= 0.3 is 0 Å². The lowest BCUT2D eigenvalue weighted by Gasteiger charge is -2.11. The maximum Gasteiger partial charge on any atom is 0.274 e. The van der Waals surface area contributed by atoms with Crippen molar-refractivity contribution in [2.45, 2.75) is 13.8 Å². The molecule has 3 aromatic rings. The Morgan fingerprint density at radius 2 is 1.96 bits per heavy atom. The highest BCUT2D eigenvalue weighted by Gasteiger charge is 2.17. The zero-order chi connectivity index (χ0) is 18.8. The number of nitro groups is 1. The second kappa shape index (κ2) is 6.79. The molecular formula is C19H17N3O4. The number of aryl methyl sites for hydroxylation is 1. The maximum atomic E-state index is 12.7. The summed E-state index contributed by atoms with van der Waals surface area (Å²) in [5, 5.41) is 14.6. The molecule has 0 radical (unpaired) electrons. The summed E-state index contributed by atoms with van der Waals surface area (Å²) < 4.78 is 5.21. The Balaban J connectivity index is 1.99. The van der Waals surface area contributed by atoms with Crippen molar-refractivity contribution in [1.29, 1.82) is 0 Å². The maximum absolute atomic E-state index is 12.7. The minimum Gasteiger partial charge on any atom is -0.497 e. The summed E-state index contributed by atoms with van der Waals surface area (Å²) in [6.07, 6.45) is 0. The predicted molar refractivity (Wildman–Crippen MR) is 98.8 cm³/mol. The van der Waals surface area contributed by atoms with Crippen LogP contribution in [0.4, 0.5) is 11.4 Å². The SMILES string of the molecule is COc1ccc2nc(C)c(C(=O)Nc3cccc([N+](=O)[O-])c3C)cc2c1. The van der Waals surface area contributed by atoms with Crippen molar-refractivity contribution in [3.8, 4) is 5.75 Å². The number of rotatable bonds is 4. The van der Waals surface area contributed by atoms with Gasteiger partial charge in [0.25, 0.3) is 11.6 Å². The summed E-state index contributed by atoms with van der Waals surface area (Å²) in [7, 11) is 1.57. The van der Waals surface area contributed by atoms with Crippen molar-refractivity contribution in [3.63, 3.8) is 0 Å². The predicted octanol–water partition coefficient (Wildman–Crippen LogP) is 4.02. The van der Waals surface area contributed by atoms with Crippen LogP contribution in [0.2, 0.25) is 0 Å². The second-order valence-electron chi connectivity index (χ2n) is 5.84. The molecule has 7 nitrogen and oxygen atoms in total. The third-order valence-corrected chi connectivity index (χ3v) is 4.21. The topological polar surface area (TPSA) is 94.4 Å². The molecule has 0 aliphatic carbocycles. The van der Waals surface area contributed by atoms with Gasteiger partial charge in [0, 0.05) is 11.5 Å². The van der Waals surface area contributed by atoms with E-state index in [2.05, 4.69) is 10.3 Å². The van der Waals surface area contributed by atoms with Crippen LogP contribution in [0, 0.1) is 24.0 Å². The Labute approximate surface area is 149 Å². The summed E-state index contributed by atoms with van der Waals surface area (Å²) in [6, 6.07) is 11.7. The smallest absolute Gasteiger partial charge is 0.274 e. The van der Waals surface area contributed by atoms with Crippen molar-refractivity contribution in [2.75, 3.05) is 12.4 Å². The highest BCUT2D eigenvalue weighted by atomic mass is 16.6. The first-order valence-corrected chi connectivity index (χ1v) is 7.91. The molecule has 3 rings (SSSR count). The van der Waals surface area contributed by atoms with Gasteiger partial charge < -0.3 is 10.1 Å². The van der Waals surface area contributed by atoms with Crippen LogP contribution < -0.4 is 10.1 Å². The number of carbonyl (C=O) groups is 1. The molecule has 0 fully saturated rings. The van der Waals surface area contributed by atoms with E-state index in [4.69, 9.17) is 4.74 Å². The second-order valence-corrected chi connectivity index (χ2v) is 5.84. The van der Waals surface area contributed by atoms with Crippen molar-refractivity contribution >= 4 is 28.2 Å². The molecule has 1 N–H and O–H groups in total. The van der Waals surface area contributed by atoms with E-state index in [1.54, 1.807) is 45.2 Å². The Morgan fingerprint density at radius 3 is 2.65 bits per heavy atom. The molecule has 132 valence electrons. The van der Waals surface area contributed by atoms with Gasteiger partial charge in [-0.15, -0.1) is 0 Å². The van der Waals surface area contributed by atoms with Crippen molar-refractivity contribution in [1.82, 2.24) is 4.98 Å². The molecule has 0 atom stereocenters. The van der Waals surface area contributed by atoms with E-state index in [0.29, 0.717) is 28.3 Å². The molecule has 0 saturated heterocycles. The lowest BCUT2D eigenvalue weighted by atomic mass is 10.1. The highest BCUT2D eigenvalue weighted by molar-refractivity contribution is 6.07. The third-order valence-electron chi connectivity index (χ3n) is 4.21. The zero-order valence-corrected chi connectivity index (χ0v) is 14.6. The molecule has 0 aliphatic rings. The number of ether oxygens (including phenoxy) is 1. The number of methoxy groups -OCH3 is 1. The number of nitro benzene ring substituents is 1. The normalized spacial score (nSPS) is 10.6. The number of nitrogens with zero attached hydrogens (tertiary/aromatic N) is 2. The summed E-state index contributed by atoms with van der Waals surface area (Å²) in [4.78, 5) is 27.8. The van der Waals surface area contributed by atoms with Gasteiger partial charge in [-0.25, -0.2) is 0 Å². The van der Waals surface area contributed by atoms with Crippen LogP contribution >= 0.6 is 0 Å². The fraction of sp³-hybridized carbons (Fsp3) is 0.158. The monoisotopic (exact) mass is 351 g/mol.